The second-order valence-electron chi connectivity index (χ2n) is 3.63. The molecule has 0 atom stereocenters. The first-order chi connectivity index (χ1) is 7.65. The highest BCUT2D eigenvalue weighted by atomic mass is 35.5. The lowest BCUT2D eigenvalue weighted by Crippen LogP contribution is -1.96. The zero-order valence-electron chi connectivity index (χ0n) is 9.32. The summed E-state index contributed by atoms with van der Waals surface area (Å²) in [7, 11) is 0. The van der Waals surface area contributed by atoms with E-state index in [4.69, 9.17) is 17.3 Å². The molecule has 0 amide bonds. The fourth-order valence-electron chi connectivity index (χ4n) is 1.27. The summed E-state index contributed by atoms with van der Waals surface area (Å²) >= 11 is 5.88. The summed E-state index contributed by atoms with van der Waals surface area (Å²) in [6.45, 7) is 2.39. The maximum absolute atomic E-state index is 13.1. The quantitative estimate of drug-likeness (QED) is 0.636. The maximum Gasteiger partial charge on any atom is 0.127 e. The Labute approximate surface area is 101 Å². The zero-order chi connectivity index (χ0) is 12.0. The lowest BCUT2D eigenvalue weighted by Gasteiger charge is -1.99. The molecule has 0 spiro atoms. The lowest BCUT2D eigenvalue weighted by molar-refractivity contribution is 0.618. The van der Waals surface area contributed by atoms with Crippen molar-refractivity contribution in [2.75, 3.05) is 6.54 Å². The van der Waals surface area contributed by atoms with Crippen molar-refractivity contribution in [1.82, 2.24) is 0 Å². The summed E-state index contributed by atoms with van der Waals surface area (Å²) in [5.41, 5.74) is 6.63. The van der Waals surface area contributed by atoms with Gasteiger partial charge in [0.2, 0.25) is 0 Å². The van der Waals surface area contributed by atoms with Crippen molar-refractivity contribution in [2.24, 2.45) is 5.73 Å². The standard InChI is InChI=1S/C13H15ClFN/c1-10-8-11(12(14)9-13(10)15)6-4-2-3-5-7-16/h8-9H,2-3,5,7,16H2,1H3. The Bertz CT molecular complexity index is 418. The molecule has 0 fully saturated rings. The van der Waals surface area contributed by atoms with E-state index in [2.05, 4.69) is 11.8 Å². The van der Waals surface area contributed by atoms with Crippen LogP contribution in [0.2, 0.25) is 5.02 Å². The van der Waals surface area contributed by atoms with Crippen LogP contribution in [0, 0.1) is 24.6 Å². The molecule has 1 aromatic carbocycles. The number of halogens is 2. The van der Waals surface area contributed by atoms with Crippen molar-refractivity contribution in [3.63, 3.8) is 0 Å². The van der Waals surface area contributed by atoms with Gasteiger partial charge in [0.15, 0.2) is 0 Å². The Kier molecular flexibility index (Phi) is 5.31. The second kappa shape index (κ2) is 6.52. The van der Waals surface area contributed by atoms with Crippen LogP contribution in [0.25, 0.3) is 0 Å². The monoisotopic (exact) mass is 239 g/mol. The highest BCUT2D eigenvalue weighted by molar-refractivity contribution is 6.31. The third-order valence-corrected chi connectivity index (χ3v) is 2.54. The van der Waals surface area contributed by atoms with E-state index >= 15 is 0 Å². The third kappa shape index (κ3) is 3.84. The minimum atomic E-state index is -0.293. The van der Waals surface area contributed by atoms with Crippen molar-refractivity contribution >= 4 is 11.6 Å². The Balaban J connectivity index is 2.69. The van der Waals surface area contributed by atoms with E-state index in [9.17, 15) is 4.39 Å². The van der Waals surface area contributed by atoms with Gasteiger partial charge >= 0.3 is 0 Å². The smallest absolute Gasteiger partial charge is 0.127 e. The molecule has 0 bridgehead atoms. The van der Waals surface area contributed by atoms with Gasteiger partial charge in [-0.3, -0.25) is 0 Å². The molecule has 2 N–H and O–H groups in total. The SMILES string of the molecule is Cc1cc(C#CCCCCN)c(Cl)cc1F. The van der Waals surface area contributed by atoms with Gasteiger partial charge in [0.05, 0.1) is 5.02 Å². The second-order valence-corrected chi connectivity index (χ2v) is 4.04. The highest BCUT2D eigenvalue weighted by Gasteiger charge is 2.02. The van der Waals surface area contributed by atoms with Crippen LogP contribution < -0.4 is 5.73 Å². The van der Waals surface area contributed by atoms with Crippen molar-refractivity contribution < 1.29 is 4.39 Å². The van der Waals surface area contributed by atoms with Gasteiger partial charge in [-0.25, -0.2) is 4.39 Å². The summed E-state index contributed by atoms with van der Waals surface area (Å²) in [6.07, 6.45) is 2.76. The van der Waals surface area contributed by atoms with E-state index in [0.717, 1.165) is 19.3 Å². The molecule has 0 heterocycles. The molecule has 1 nitrogen and oxygen atoms in total. The summed E-state index contributed by atoms with van der Waals surface area (Å²) in [5.74, 6) is 5.67. The topological polar surface area (TPSA) is 26.0 Å². The minimum Gasteiger partial charge on any atom is -0.330 e. The molecule has 3 heteroatoms. The first-order valence-corrected chi connectivity index (χ1v) is 5.67. The molecule has 0 saturated carbocycles. The molecular formula is C13H15ClFN. The first-order valence-electron chi connectivity index (χ1n) is 5.29. The van der Waals surface area contributed by atoms with Gasteiger partial charge in [-0.1, -0.05) is 23.4 Å². The molecule has 0 unspecified atom stereocenters. The zero-order valence-corrected chi connectivity index (χ0v) is 10.1. The molecule has 1 aromatic rings. The van der Waals surface area contributed by atoms with Crippen LogP contribution >= 0.6 is 11.6 Å². The van der Waals surface area contributed by atoms with Gasteiger partial charge in [0.25, 0.3) is 0 Å². The van der Waals surface area contributed by atoms with E-state index in [1.165, 1.54) is 6.07 Å². The summed E-state index contributed by atoms with van der Waals surface area (Å²) in [6, 6.07) is 2.98. The lowest BCUT2D eigenvalue weighted by atomic mass is 10.1. The number of rotatable bonds is 3. The summed E-state index contributed by atoms with van der Waals surface area (Å²) in [5, 5.41) is 0.370. The maximum atomic E-state index is 13.1. The predicted octanol–water partition coefficient (Wildman–Crippen LogP) is 3.27. The molecule has 0 aliphatic heterocycles. The minimum absolute atomic E-state index is 0.293. The van der Waals surface area contributed by atoms with Crippen molar-refractivity contribution in [2.45, 2.75) is 26.2 Å². The van der Waals surface area contributed by atoms with Crippen LogP contribution in [0.15, 0.2) is 12.1 Å². The Hall–Kier alpha value is -1.04. The van der Waals surface area contributed by atoms with E-state index in [-0.39, 0.29) is 5.82 Å². The van der Waals surface area contributed by atoms with E-state index in [0.29, 0.717) is 22.7 Å². The van der Waals surface area contributed by atoms with Crippen molar-refractivity contribution in [3.8, 4) is 11.8 Å². The van der Waals surface area contributed by atoms with Crippen LogP contribution in [0.1, 0.15) is 30.4 Å². The number of unbranched alkanes of at least 4 members (excludes halogenated alkanes) is 2. The molecule has 16 heavy (non-hydrogen) atoms. The summed E-state index contributed by atoms with van der Waals surface area (Å²) in [4.78, 5) is 0. The van der Waals surface area contributed by atoms with Crippen molar-refractivity contribution in [1.29, 1.82) is 0 Å². The van der Waals surface area contributed by atoms with Gasteiger partial charge < -0.3 is 5.73 Å². The molecule has 1 rings (SSSR count). The van der Waals surface area contributed by atoms with Crippen molar-refractivity contribution in [3.05, 3.63) is 34.1 Å². The van der Waals surface area contributed by atoms with Gasteiger partial charge in [-0.15, -0.1) is 0 Å². The van der Waals surface area contributed by atoms with E-state index in [1.54, 1.807) is 13.0 Å². The Morgan fingerprint density at radius 1 is 1.38 bits per heavy atom. The largest absolute Gasteiger partial charge is 0.330 e. The molecule has 0 radical (unpaired) electrons. The average Bonchev–Trinajstić information content (AvgIpc) is 2.25. The molecule has 0 aliphatic carbocycles. The number of benzene rings is 1. The number of aryl methyl sites for hydroxylation is 1. The fourth-order valence-corrected chi connectivity index (χ4v) is 1.47. The Morgan fingerprint density at radius 2 is 2.12 bits per heavy atom. The molecule has 0 aliphatic rings. The van der Waals surface area contributed by atoms with Gasteiger partial charge in [0, 0.05) is 12.0 Å². The van der Waals surface area contributed by atoms with Crippen LogP contribution in [0.5, 0.6) is 0 Å². The molecule has 0 saturated heterocycles. The first kappa shape index (κ1) is 13.0. The number of hydrogen-bond donors (Lipinski definition) is 1. The fraction of sp³-hybridized carbons (Fsp3) is 0.385. The van der Waals surface area contributed by atoms with Gasteiger partial charge in [-0.2, -0.15) is 0 Å². The van der Waals surface area contributed by atoms with E-state index < -0.39 is 0 Å². The van der Waals surface area contributed by atoms with Crippen LogP contribution in [-0.2, 0) is 0 Å². The summed E-state index contributed by atoms with van der Waals surface area (Å²) < 4.78 is 13.1. The molecule has 0 aromatic heterocycles. The van der Waals surface area contributed by atoms with Crippen LogP contribution in [0.3, 0.4) is 0 Å². The number of nitrogens with two attached hydrogens (primary N) is 1. The Morgan fingerprint density at radius 3 is 2.81 bits per heavy atom. The predicted molar refractivity (Wildman–Crippen MR) is 65.9 cm³/mol. The van der Waals surface area contributed by atoms with E-state index in [1.807, 2.05) is 0 Å². The van der Waals surface area contributed by atoms with Gasteiger partial charge in [-0.05, 0) is 44.0 Å². The molecular weight excluding hydrogens is 225 g/mol. The third-order valence-electron chi connectivity index (χ3n) is 2.23. The average molecular weight is 240 g/mol. The highest BCUT2D eigenvalue weighted by Crippen LogP contribution is 2.19. The molecule has 86 valence electrons. The van der Waals surface area contributed by atoms with Gasteiger partial charge in [0.1, 0.15) is 5.82 Å². The van der Waals surface area contributed by atoms with Crippen LogP contribution in [-0.4, -0.2) is 6.54 Å². The number of hydrogen-bond acceptors (Lipinski definition) is 1. The normalized spacial score (nSPS) is 9.75. The van der Waals surface area contributed by atoms with Crippen LogP contribution in [0.4, 0.5) is 4.39 Å².